The van der Waals surface area contributed by atoms with Gasteiger partial charge in [-0.25, -0.2) is 0 Å². The number of fused-ring (bicyclic) bond motifs is 2. The number of phenols is 1. The third-order valence-corrected chi connectivity index (χ3v) is 3.89. The van der Waals surface area contributed by atoms with Crippen LogP contribution in [-0.4, -0.2) is 22.6 Å². The molecule has 0 aromatic heterocycles. The molecular formula is C13H17NO. The molecule has 2 fully saturated rings. The zero-order valence-corrected chi connectivity index (χ0v) is 8.89. The molecule has 2 bridgehead atoms. The zero-order chi connectivity index (χ0) is 10.3. The third-order valence-electron chi connectivity index (χ3n) is 3.89. The average Bonchev–Trinajstić information content (AvgIpc) is 2.83. The predicted molar refractivity (Wildman–Crippen MR) is 59.6 cm³/mol. The van der Waals surface area contributed by atoms with Crippen LogP contribution in [0.3, 0.4) is 0 Å². The van der Waals surface area contributed by atoms with Gasteiger partial charge in [0.1, 0.15) is 5.75 Å². The van der Waals surface area contributed by atoms with Crippen molar-refractivity contribution in [1.82, 2.24) is 4.90 Å². The smallest absolute Gasteiger partial charge is 0.120 e. The van der Waals surface area contributed by atoms with Gasteiger partial charge in [-0.05, 0) is 31.2 Å². The lowest BCUT2D eigenvalue weighted by molar-refractivity contribution is 0.203. The molecule has 0 amide bonds. The Hall–Kier alpha value is -1.02. The van der Waals surface area contributed by atoms with E-state index in [9.17, 15) is 5.11 Å². The third kappa shape index (κ3) is 1.63. The first-order valence-corrected chi connectivity index (χ1v) is 5.84. The minimum atomic E-state index is 0.445. The van der Waals surface area contributed by atoms with Crippen LogP contribution >= 0.6 is 0 Å². The highest BCUT2D eigenvalue weighted by molar-refractivity contribution is 5.31. The van der Waals surface area contributed by atoms with Crippen LogP contribution in [0.1, 0.15) is 24.8 Å². The van der Waals surface area contributed by atoms with Crippen molar-refractivity contribution in [3.63, 3.8) is 0 Å². The molecule has 3 rings (SSSR count). The van der Waals surface area contributed by atoms with Gasteiger partial charge in [0.25, 0.3) is 0 Å². The van der Waals surface area contributed by atoms with E-state index in [-0.39, 0.29) is 0 Å². The van der Waals surface area contributed by atoms with Crippen LogP contribution < -0.4 is 0 Å². The van der Waals surface area contributed by atoms with Crippen molar-refractivity contribution in [1.29, 1.82) is 0 Å². The van der Waals surface area contributed by atoms with Gasteiger partial charge in [0.15, 0.2) is 0 Å². The summed E-state index contributed by atoms with van der Waals surface area (Å²) in [6.07, 6.45) is 4.16. The topological polar surface area (TPSA) is 23.5 Å². The number of likely N-dealkylation sites (tertiary alicyclic amines) is 1. The number of hydrogen-bond donors (Lipinski definition) is 1. The number of hydrogen-bond acceptors (Lipinski definition) is 2. The second kappa shape index (κ2) is 3.53. The molecule has 1 saturated carbocycles. The second-order valence-electron chi connectivity index (χ2n) is 4.89. The lowest BCUT2D eigenvalue weighted by Crippen LogP contribution is -2.31. The van der Waals surface area contributed by atoms with Crippen molar-refractivity contribution in [2.75, 3.05) is 6.54 Å². The number of phenolic OH excluding ortho intramolecular Hbond substituents is 1. The first-order chi connectivity index (χ1) is 7.33. The van der Waals surface area contributed by atoms with Crippen LogP contribution in [0, 0.1) is 5.92 Å². The highest BCUT2D eigenvalue weighted by atomic mass is 16.3. The number of para-hydroxylation sites is 1. The maximum atomic E-state index is 9.71. The van der Waals surface area contributed by atoms with E-state index < -0.39 is 0 Å². The summed E-state index contributed by atoms with van der Waals surface area (Å²) in [5.41, 5.74) is 1.07. The molecular weight excluding hydrogens is 186 g/mol. The number of aromatic hydroxyl groups is 1. The van der Waals surface area contributed by atoms with Gasteiger partial charge in [0, 0.05) is 24.7 Å². The molecule has 0 radical (unpaired) electrons. The van der Waals surface area contributed by atoms with E-state index in [0.717, 1.165) is 24.1 Å². The van der Waals surface area contributed by atoms with Crippen molar-refractivity contribution in [2.24, 2.45) is 5.92 Å². The lowest BCUT2D eigenvalue weighted by Gasteiger charge is -2.26. The Morgan fingerprint density at radius 3 is 2.80 bits per heavy atom. The van der Waals surface area contributed by atoms with Gasteiger partial charge < -0.3 is 5.11 Å². The van der Waals surface area contributed by atoms with Crippen LogP contribution in [0.5, 0.6) is 5.75 Å². The Bertz CT molecular complexity index is 363. The number of benzene rings is 1. The predicted octanol–water partition coefficient (Wildman–Crippen LogP) is 2.38. The molecule has 15 heavy (non-hydrogen) atoms. The highest BCUT2D eigenvalue weighted by Crippen LogP contribution is 2.38. The van der Waals surface area contributed by atoms with Gasteiger partial charge >= 0.3 is 0 Å². The molecule has 2 atom stereocenters. The van der Waals surface area contributed by atoms with E-state index in [2.05, 4.69) is 4.90 Å². The zero-order valence-electron chi connectivity index (χ0n) is 8.89. The Kier molecular flexibility index (Phi) is 2.17. The lowest BCUT2D eigenvalue weighted by atomic mass is 10.1. The van der Waals surface area contributed by atoms with Gasteiger partial charge in [-0.1, -0.05) is 18.2 Å². The van der Waals surface area contributed by atoms with Crippen molar-refractivity contribution in [2.45, 2.75) is 31.8 Å². The summed E-state index contributed by atoms with van der Waals surface area (Å²) in [5, 5.41) is 9.71. The van der Waals surface area contributed by atoms with Gasteiger partial charge in [-0.3, -0.25) is 4.90 Å². The van der Waals surface area contributed by atoms with Crippen molar-refractivity contribution >= 4 is 0 Å². The van der Waals surface area contributed by atoms with Crippen LogP contribution in [-0.2, 0) is 6.54 Å². The summed E-state index contributed by atoms with van der Waals surface area (Å²) in [5.74, 6) is 1.38. The van der Waals surface area contributed by atoms with Gasteiger partial charge in [0.05, 0.1) is 0 Å². The van der Waals surface area contributed by atoms with Gasteiger partial charge in [-0.15, -0.1) is 0 Å². The molecule has 80 valence electrons. The van der Waals surface area contributed by atoms with Crippen molar-refractivity contribution in [3.8, 4) is 5.75 Å². The number of piperidine rings is 1. The summed E-state index contributed by atoms with van der Waals surface area (Å²) in [6, 6.07) is 8.48. The molecule has 1 N–H and O–H groups in total. The van der Waals surface area contributed by atoms with Crippen molar-refractivity contribution < 1.29 is 5.11 Å². The van der Waals surface area contributed by atoms with Crippen LogP contribution in [0.4, 0.5) is 0 Å². The van der Waals surface area contributed by atoms with E-state index in [1.54, 1.807) is 6.07 Å². The SMILES string of the molecule is Oc1ccccc1CN1CC2CCC1C2. The first kappa shape index (κ1) is 9.22. The Morgan fingerprint density at radius 1 is 1.27 bits per heavy atom. The average molecular weight is 203 g/mol. The Labute approximate surface area is 90.5 Å². The Morgan fingerprint density at radius 2 is 2.13 bits per heavy atom. The maximum Gasteiger partial charge on any atom is 0.120 e. The van der Waals surface area contributed by atoms with E-state index in [4.69, 9.17) is 0 Å². The fraction of sp³-hybridized carbons (Fsp3) is 0.538. The van der Waals surface area contributed by atoms with Gasteiger partial charge in [-0.2, -0.15) is 0 Å². The normalized spacial score (nSPS) is 29.9. The van der Waals surface area contributed by atoms with Crippen LogP contribution in [0.15, 0.2) is 24.3 Å². The number of rotatable bonds is 2. The molecule has 0 spiro atoms. The molecule has 1 aromatic rings. The van der Waals surface area contributed by atoms with E-state index >= 15 is 0 Å². The van der Waals surface area contributed by atoms with Crippen LogP contribution in [0.2, 0.25) is 0 Å². The fourth-order valence-electron chi connectivity index (χ4n) is 3.08. The Balaban J connectivity index is 1.73. The van der Waals surface area contributed by atoms with Gasteiger partial charge in [0.2, 0.25) is 0 Å². The minimum absolute atomic E-state index is 0.445. The summed E-state index contributed by atoms with van der Waals surface area (Å²) in [4.78, 5) is 2.53. The molecule has 1 saturated heterocycles. The second-order valence-corrected chi connectivity index (χ2v) is 4.89. The molecule has 2 nitrogen and oxygen atoms in total. The quantitative estimate of drug-likeness (QED) is 0.797. The summed E-state index contributed by atoms with van der Waals surface area (Å²) < 4.78 is 0. The standard InChI is InChI=1S/C13H17NO/c15-13-4-2-1-3-11(13)9-14-8-10-5-6-12(14)7-10/h1-4,10,12,15H,5-9H2. The minimum Gasteiger partial charge on any atom is -0.508 e. The summed E-state index contributed by atoms with van der Waals surface area (Å²) in [7, 11) is 0. The first-order valence-electron chi connectivity index (χ1n) is 5.84. The fourth-order valence-corrected chi connectivity index (χ4v) is 3.08. The summed E-state index contributed by atoms with van der Waals surface area (Å²) in [6.45, 7) is 2.16. The molecule has 2 aliphatic rings. The molecule has 1 aromatic carbocycles. The largest absolute Gasteiger partial charge is 0.508 e. The number of nitrogens with zero attached hydrogens (tertiary/aromatic N) is 1. The molecule has 1 aliphatic heterocycles. The monoisotopic (exact) mass is 203 g/mol. The van der Waals surface area contributed by atoms with Crippen molar-refractivity contribution in [3.05, 3.63) is 29.8 Å². The summed E-state index contributed by atoms with van der Waals surface area (Å²) >= 11 is 0. The van der Waals surface area contributed by atoms with Crippen LogP contribution in [0.25, 0.3) is 0 Å². The van der Waals surface area contributed by atoms with E-state index in [1.807, 2.05) is 18.2 Å². The maximum absolute atomic E-state index is 9.71. The molecule has 2 unspecified atom stereocenters. The van der Waals surface area contributed by atoms with E-state index in [0.29, 0.717) is 5.75 Å². The highest BCUT2D eigenvalue weighted by Gasteiger charge is 2.37. The van der Waals surface area contributed by atoms with E-state index in [1.165, 1.54) is 25.8 Å². The molecule has 1 heterocycles. The molecule has 2 heteroatoms. The molecule has 1 aliphatic carbocycles.